The van der Waals surface area contributed by atoms with Crippen molar-refractivity contribution < 1.29 is 9.53 Å². The quantitative estimate of drug-likeness (QED) is 0.849. The third-order valence-electron chi connectivity index (χ3n) is 2.69. The van der Waals surface area contributed by atoms with Crippen LogP contribution in [0.1, 0.15) is 26.3 Å². The van der Waals surface area contributed by atoms with Crippen LogP contribution in [-0.2, 0) is 11.3 Å². The van der Waals surface area contributed by atoms with Gasteiger partial charge in [0, 0.05) is 24.5 Å². The molecule has 22 heavy (non-hydrogen) atoms. The second-order valence-corrected chi connectivity index (χ2v) is 5.77. The zero-order valence-corrected chi connectivity index (χ0v) is 13.0. The maximum absolute atomic E-state index is 11.5. The third-order valence-corrected chi connectivity index (χ3v) is 2.69. The number of carbonyl (C=O) groups is 1. The fourth-order valence-corrected chi connectivity index (χ4v) is 1.76. The number of aromatic nitrogens is 2. The van der Waals surface area contributed by atoms with Gasteiger partial charge in [-0.05, 0) is 26.3 Å². The van der Waals surface area contributed by atoms with E-state index in [0.29, 0.717) is 6.54 Å². The standard InChI is InChI=1S/C16H20N4O2/c1-16(2,3)22-15(21)20-19-10-12-4-6-13(7-5-12)14-11-17-8-9-18-14/h4-9,11,19H,10H2,1-3H3,(H,20,21). The Hall–Kier alpha value is -2.47. The average molecular weight is 300 g/mol. The van der Waals surface area contributed by atoms with Gasteiger partial charge in [0.1, 0.15) is 5.60 Å². The second-order valence-electron chi connectivity index (χ2n) is 5.77. The molecule has 2 aromatic rings. The lowest BCUT2D eigenvalue weighted by Crippen LogP contribution is -2.40. The van der Waals surface area contributed by atoms with E-state index in [-0.39, 0.29) is 0 Å². The van der Waals surface area contributed by atoms with E-state index in [1.807, 2.05) is 45.0 Å². The number of nitrogens with zero attached hydrogens (tertiary/aromatic N) is 2. The minimum absolute atomic E-state index is 0.497. The van der Waals surface area contributed by atoms with Crippen molar-refractivity contribution in [2.24, 2.45) is 0 Å². The highest BCUT2D eigenvalue weighted by Crippen LogP contribution is 2.15. The highest BCUT2D eigenvalue weighted by Gasteiger charge is 2.15. The molecule has 116 valence electrons. The monoisotopic (exact) mass is 300 g/mol. The summed E-state index contributed by atoms with van der Waals surface area (Å²) in [5, 5.41) is 0. The molecule has 0 spiro atoms. The van der Waals surface area contributed by atoms with Gasteiger partial charge in [0.25, 0.3) is 0 Å². The van der Waals surface area contributed by atoms with Gasteiger partial charge in [0.15, 0.2) is 0 Å². The van der Waals surface area contributed by atoms with E-state index in [1.54, 1.807) is 18.6 Å². The van der Waals surface area contributed by atoms with Crippen molar-refractivity contribution in [3.63, 3.8) is 0 Å². The maximum atomic E-state index is 11.5. The Balaban J connectivity index is 1.84. The second kappa shape index (κ2) is 7.00. The lowest BCUT2D eigenvalue weighted by atomic mass is 10.1. The molecule has 0 unspecified atom stereocenters. The topological polar surface area (TPSA) is 76.1 Å². The van der Waals surface area contributed by atoms with Crippen LogP contribution in [0.3, 0.4) is 0 Å². The molecule has 0 saturated heterocycles. The van der Waals surface area contributed by atoms with Crippen molar-refractivity contribution in [3.05, 3.63) is 48.4 Å². The zero-order valence-electron chi connectivity index (χ0n) is 13.0. The Morgan fingerprint density at radius 2 is 1.91 bits per heavy atom. The Morgan fingerprint density at radius 3 is 2.50 bits per heavy atom. The van der Waals surface area contributed by atoms with E-state index in [1.165, 1.54) is 0 Å². The SMILES string of the molecule is CC(C)(C)OC(=O)NNCc1ccc(-c2cnccn2)cc1. The molecule has 0 aliphatic carbocycles. The molecule has 0 saturated carbocycles. The van der Waals surface area contributed by atoms with Crippen molar-refractivity contribution in [2.75, 3.05) is 0 Å². The summed E-state index contributed by atoms with van der Waals surface area (Å²) in [6, 6.07) is 7.87. The Morgan fingerprint density at radius 1 is 1.18 bits per heavy atom. The fourth-order valence-electron chi connectivity index (χ4n) is 1.76. The van der Waals surface area contributed by atoms with Crippen LogP contribution in [0.2, 0.25) is 0 Å². The van der Waals surface area contributed by atoms with Gasteiger partial charge in [-0.3, -0.25) is 15.4 Å². The number of ether oxygens (including phenoxy) is 1. The Labute approximate surface area is 129 Å². The van der Waals surface area contributed by atoms with E-state index in [0.717, 1.165) is 16.8 Å². The molecule has 2 N–H and O–H groups in total. The van der Waals surface area contributed by atoms with E-state index in [9.17, 15) is 4.79 Å². The molecule has 6 nitrogen and oxygen atoms in total. The van der Waals surface area contributed by atoms with Crippen LogP contribution in [-0.4, -0.2) is 21.7 Å². The lowest BCUT2D eigenvalue weighted by Gasteiger charge is -2.19. The van der Waals surface area contributed by atoms with Crippen LogP contribution in [0, 0.1) is 0 Å². The molecule has 1 aromatic carbocycles. The fraction of sp³-hybridized carbons (Fsp3) is 0.312. The number of hydrogen-bond donors (Lipinski definition) is 2. The van der Waals surface area contributed by atoms with Gasteiger partial charge in [-0.1, -0.05) is 24.3 Å². The zero-order chi connectivity index (χ0) is 16.0. The summed E-state index contributed by atoms with van der Waals surface area (Å²) in [6.45, 7) is 5.95. The van der Waals surface area contributed by atoms with Gasteiger partial charge in [0.2, 0.25) is 0 Å². The first-order chi connectivity index (χ1) is 10.4. The molecule has 0 fully saturated rings. The maximum Gasteiger partial charge on any atom is 0.422 e. The normalized spacial score (nSPS) is 11.0. The Kier molecular flexibility index (Phi) is 5.06. The molecular formula is C16H20N4O2. The van der Waals surface area contributed by atoms with Crippen molar-refractivity contribution in [1.29, 1.82) is 0 Å². The van der Waals surface area contributed by atoms with Gasteiger partial charge in [-0.15, -0.1) is 0 Å². The largest absolute Gasteiger partial charge is 0.443 e. The summed E-state index contributed by atoms with van der Waals surface area (Å²) in [5.74, 6) is 0. The molecule has 1 aromatic heterocycles. The van der Waals surface area contributed by atoms with Crippen LogP contribution in [0.15, 0.2) is 42.9 Å². The minimum Gasteiger partial charge on any atom is -0.443 e. The van der Waals surface area contributed by atoms with Crippen molar-refractivity contribution in [3.8, 4) is 11.3 Å². The summed E-state index contributed by atoms with van der Waals surface area (Å²) < 4.78 is 5.12. The summed E-state index contributed by atoms with van der Waals surface area (Å²) in [7, 11) is 0. The predicted molar refractivity (Wildman–Crippen MR) is 83.7 cm³/mol. The Bertz CT molecular complexity index is 606. The highest BCUT2D eigenvalue weighted by atomic mass is 16.6. The number of carbonyl (C=O) groups excluding carboxylic acids is 1. The molecule has 0 atom stereocenters. The van der Waals surface area contributed by atoms with E-state index < -0.39 is 11.7 Å². The first-order valence-corrected chi connectivity index (χ1v) is 7.01. The highest BCUT2D eigenvalue weighted by molar-refractivity contribution is 5.67. The molecule has 1 amide bonds. The number of hydrogen-bond acceptors (Lipinski definition) is 5. The smallest absolute Gasteiger partial charge is 0.422 e. The average Bonchev–Trinajstić information content (AvgIpc) is 2.47. The molecule has 6 heteroatoms. The molecule has 0 radical (unpaired) electrons. The van der Waals surface area contributed by atoms with Crippen LogP contribution < -0.4 is 10.9 Å². The summed E-state index contributed by atoms with van der Waals surface area (Å²) in [6.07, 6.45) is 4.53. The van der Waals surface area contributed by atoms with Gasteiger partial charge < -0.3 is 4.74 Å². The predicted octanol–water partition coefficient (Wildman–Crippen LogP) is 2.67. The van der Waals surface area contributed by atoms with Gasteiger partial charge in [-0.25, -0.2) is 10.2 Å². The number of hydrazine groups is 1. The molecule has 2 rings (SSSR count). The molecule has 1 heterocycles. The van der Waals surface area contributed by atoms with Crippen LogP contribution in [0.4, 0.5) is 4.79 Å². The summed E-state index contributed by atoms with van der Waals surface area (Å²) >= 11 is 0. The molecular weight excluding hydrogens is 280 g/mol. The van der Waals surface area contributed by atoms with Gasteiger partial charge in [0.05, 0.1) is 11.9 Å². The molecule has 0 bridgehead atoms. The first kappa shape index (κ1) is 15.9. The van der Waals surface area contributed by atoms with Crippen molar-refractivity contribution in [2.45, 2.75) is 32.9 Å². The van der Waals surface area contributed by atoms with Crippen LogP contribution in [0.5, 0.6) is 0 Å². The third kappa shape index (κ3) is 5.14. The number of amides is 1. The lowest BCUT2D eigenvalue weighted by molar-refractivity contribution is 0.0497. The van der Waals surface area contributed by atoms with Gasteiger partial charge >= 0.3 is 6.09 Å². The van der Waals surface area contributed by atoms with Crippen LogP contribution >= 0.6 is 0 Å². The first-order valence-electron chi connectivity index (χ1n) is 7.01. The molecule has 0 aliphatic heterocycles. The molecule has 0 aliphatic rings. The summed E-state index contributed by atoms with van der Waals surface area (Å²) in [5.41, 5.74) is 7.68. The van der Waals surface area contributed by atoms with Gasteiger partial charge in [-0.2, -0.15) is 0 Å². The van der Waals surface area contributed by atoms with Crippen LogP contribution in [0.25, 0.3) is 11.3 Å². The van der Waals surface area contributed by atoms with Crippen molar-refractivity contribution >= 4 is 6.09 Å². The van der Waals surface area contributed by atoms with E-state index in [4.69, 9.17) is 4.74 Å². The number of nitrogens with one attached hydrogen (secondary N) is 2. The van der Waals surface area contributed by atoms with Crippen molar-refractivity contribution in [1.82, 2.24) is 20.8 Å². The number of benzene rings is 1. The number of rotatable bonds is 4. The van der Waals surface area contributed by atoms with E-state index in [2.05, 4.69) is 20.8 Å². The minimum atomic E-state index is -0.510. The summed E-state index contributed by atoms with van der Waals surface area (Å²) in [4.78, 5) is 19.8. The van der Waals surface area contributed by atoms with E-state index >= 15 is 0 Å².